The molecule has 84 valence electrons. The van der Waals surface area contributed by atoms with E-state index in [0.717, 1.165) is 17.9 Å². The minimum absolute atomic E-state index is 0.295. The summed E-state index contributed by atoms with van der Waals surface area (Å²) in [4.78, 5) is 10.5. The zero-order valence-corrected chi connectivity index (χ0v) is 10.1. The maximum absolute atomic E-state index is 10.5. The molecule has 0 amide bonds. The van der Waals surface area contributed by atoms with Crippen LogP contribution in [0.5, 0.6) is 0 Å². The molecule has 0 spiro atoms. The monoisotopic (exact) mass is 219 g/mol. The summed E-state index contributed by atoms with van der Waals surface area (Å²) in [7, 11) is 0. The number of hydrogen-bond donors (Lipinski definition) is 2. The smallest absolute Gasteiger partial charge is 0.307 e. The molecule has 3 nitrogen and oxygen atoms in total. The molecule has 0 aromatic rings. The lowest BCUT2D eigenvalue weighted by atomic mass is 10.1. The Kier molecular flexibility index (Phi) is 7.99. The van der Waals surface area contributed by atoms with E-state index >= 15 is 0 Å². The summed E-state index contributed by atoms with van der Waals surface area (Å²) in [5, 5.41) is 11.9. The van der Waals surface area contributed by atoms with Crippen molar-refractivity contribution in [3.8, 4) is 0 Å². The number of rotatable bonds is 8. The molecule has 2 N–H and O–H groups in total. The summed E-state index contributed by atoms with van der Waals surface area (Å²) in [6.45, 7) is 6.54. The van der Waals surface area contributed by atoms with Crippen molar-refractivity contribution in [3.05, 3.63) is 0 Å². The average Bonchev–Trinajstić information content (AvgIpc) is 2.14. The number of carboxylic acid groups (broad SMARTS) is 1. The van der Waals surface area contributed by atoms with Crippen molar-refractivity contribution in [1.82, 2.24) is 5.32 Å². The molecular formula is C10H21NO2S. The first-order chi connectivity index (χ1) is 6.57. The predicted octanol–water partition coefficient (Wildman–Crippen LogP) is 1.83. The topological polar surface area (TPSA) is 49.3 Å². The lowest BCUT2D eigenvalue weighted by molar-refractivity contribution is -0.140. The van der Waals surface area contributed by atoms with E-state index in [4.69, 9.17) is 5.11 Å². The molecule has 2 atom stereocenters. The second kappa shape index (κ2) is 8.12. The van der Waals surface area contributed by atoms with E-state index in [0.29, 0.717) is 12.6 Å². The van der Waals surface area contributed by atoms with Crippen LogP contribution in [0.1, 0.15) is 27.2 Å². The van der Waals surface area contributed by atoms with Crippen LogP contribution in [0.2, 0.25) is 0 Å². The van der Waals surface area contributed by atoms with Crippen molar-refractivity contribution in [2.45, 2.75) is 33.2 Å². The van der Waals surface area contributed by atoms with Crippen LogP contribution < -0.4 is 5.32 Å². The third-order valence-corrected chi connectivity index (χ3v) is 3.03. The van der Waals surface area contributed by atoms with Crippen LogP contribution in [0, 0.1) is 5.92 Å². The highest BCUT2D eigenvalue weighted by molar-refractivity contribution is 7.99. The largest absolute Gasteiger partial charge is 0.481 e. The summed E-state index contributed by atoms with van der Waals surface area (Å²) in [6.07, 6.45) is 1.10. The number of carboxylic acids is 1. The van der Waals surface area contributed by atoms with Crippen molar-refractivity contribution < 1.29 is 9.90 Å². The van der Waals surface area contributed by atoms with Gasteiger partial charge in [-0.15, -0.1) is 0 Å². The molecule has 0 radical (unpaired) electrons. The fraction of sp³-hybridized carbons (Fsp3) is 0.900. The van der Waals surface area contributed by atoms with Crippen LogP contribution in [0.4, 0.5) is 0 Å². The number of thioether (sulfide) groups is 1. The van der Waals surface area contributed by atoms with Crippen molar-refractivity contribution in [2.24, 2.45) is 5.92 Å². The van der Waals surface area contributed by atoms with Crippen LogP contribution in [0.15, 0.2) is 0 Å². The van der Waals surface area contributed by atoms with Crippen molar-refractivity contribution in [3.63, 3.8) is 0 Å². The molecule has 0 bridgehead atoms. The summed E-state index contributed by atoms with van der Waals surface area (Å²) in [5.74, 6) is 1.27. The maximum Gasteiger partial charge on any atom is 0.307 e. The lowest BCUT2D eigenvalue weighted by Crippen LogP contribution is -2.33. The summed E-state index contributed by atoms with van der Waals surface area (Å²) in [5.41, 5.74) is 0. The molecule has 0 rings (SSSR count). The fourth-order valence-corrected chi connectivity index (χ4v) is 1.78. The number of nitrogens with one attached hydrogen (secondary N) is 1. The first-order valence-electron chi connectivity index (χ1n) is 5.11. The molecule has 2 unspecified atom stereocenters. The summed E-state index contributed by atoms with van der Waals surface area (Å²) in [6, 6.07) is 0.413. The van der Waals surface area contributed by atoms with Crippen molar-refractivity contribution >= 4 is 17.7 Å². The first kappa shape index (κ1) is 13.8. The molecule has 14 heavy (non-hydrogen) atoms. The molecule has 0 saturated heterocycles. The fourth-order valence-electron chi connectivity index (χ4n) is 0.972. The summed E-state index contributed by atoms with van der Waals surface area (Å²) < 4.78 is 0. The highest BCUT2D eigenvalue weighted by atomic mass is 32.2. The van der Waals surface area contributed by atoms with Gasteiger partial charge in [-0.2, -0.15) is 11.8 Å². The van der Waals surface area contributed by atoms with Gasteiger partial charge in [-0.3, -0.25) is 4.79 Å². The van der Waals surface area contributed by atoms with Crippen LogP contribution in [-0.4, -0.2) is 35.2 Å². The van der Waals surface area contributed by atoms with E-state index < -0.39 is 5.97 Å². The average molecular weight is 219 g/mol. The molecule has 0 aliphatic heterocycles. The van der Waals surface area contributed by atoms with E-state index in [2.05, 4.69) is 19.2 Å². The third kappa shape index (κ3) is 7.21. The Labute approximate surface area is 90.7 Å². The Hall–Kier alpha value is -0.220. The third-order valence-electron chi connectivity index (χ3n) is 2.09. The van der Waals surface area contributed by atoms with E-state index in [1.165, 1.54) is 0 Å². The molecule has 0 aliphatic carbocycles. The Morgan fingerprint density at radius 1 is 1.50 bits per heavy atom. The Balaban J connectivity index is 3.43. The highest BCUT2D eigenvalue weighted by Gasteiger charge is 2.11. The molecule has 0 aromatic carbocycles. The predicted molar refractivity (Wildman–Crippen MR) is 61.9 cm³/mol. The number of hydrogen-bond acceptors (Lipinski definition) is 3. The molecule has 0 saturated carbocycles. The van der Waals surface area contributed by atoms with Gasteiger partial charge in [0, 0.05) is 12.6 Å². The van der Waals surface area contributed by atoms with Gasteiger partial charge in [0.1, 0.15) is 0 Å². The number of carbonyl (C=O) groups is 1. The zero-order chi connectivity index (χ0) is 11.0. The van der Waals surface area contributed by atoms with Gasteiger partial charge in [-0.1, -0.05) is 13.8 Å². The second-order valence-corrected chi connectivity index (χ2v) is 4.93. The quantitative estimate of drug-likeness (QED) is 0.611. The minimum Gasteiger partial charge on any atom is -0.481 e. The normalized spacial score (nSPS) is 15.1. The molecule has 0 aliphatic rings. The van der Waals surface area contributed by atoms with Gasteiger partial charge in [0.15, 0.2) is 0 Å². The van der Waals surface area contributed by atoms with Crippen LogP contribution >= 0.6 is 11.8 Å². The van der Waals surface area contributed by atoms with Crippen molar-refractivity contribution in [1.29, 1.82) is 0 Å². The molecular weight excluding hydrogens is 198 g/mol. The standard InChI is InChI=1S/C10H21NO2S/c1-4-14-6-5-9(3)11-7-8(2)10(12)13/h8-9,11H,4-7H2,1-3H3,(H,12,13). The van der Waals surface area contributed by atoms with Crippen LogP contribution in [0.3, 0.4) is 0 Å². The molecule has 0 fully saturated rings. The maximum atomic E-state index is 10.5. The van der Waals surface area contributed by atoms with E-state index in [-0.39, 0.29) is 5.92 Å². The zero-order valence-electron chi connectivity index (χ0n) is 9.25. The molecule has 0 aromatic heterocycles. The van der Waals surface area contributed by atoms with E-state index in [1.54, 1.807) is 6.92 Å². The van der Waals surface area contributed by atoms with Gasteiger partial charge in [-0.05, 0) is 24.9 Å². The second-order valence-electron chi connectivity index (χ2n) is 3.53. The van der Waals surface area contributed by atoms with Crippen LogP contribution in [0.25, 0.3) is 0 Å². The summed E-state index contributed by atoms with van der Waals surface area (Å²) >= 11 is 1.92. The molecule has 4 heteroatoms. The van der Waals surface area contributed by atoms with Gasteiger partial charge in [-0.25, -0.2) is 0 Å². The van der Waals surface area contributed by atoms with Crippen molar-refractivity contribution in [2.75, 3.05) is 18.1 Å². The highest BCUT2D eigenvalue weighted by Crippen LogP contribution is 2.04. The minimum atomic E-state index is -0.729. The van der Waals surface area contributed by atoms with Gasteiger partial charge in [0.25, 0.3) is 0 Å². The van der Waals surface area contributed by atoms with E-state index in [1.807, 2.05) is 11.8 Å². The van der Waals surface area contributed by atoms with Crippen LogP contribution in [-0.2, 0) is 4.79 Å². The Morgan fingerprint density at radius 3 is 2.64 bits per heavy atom. The number of aliphatic carboxylic acids is 1. The first-order valence-corrected chi connectivity index (χ1v) is 6.27. The van der Waals surface area contributed by atoms with Gasteiger partial charge in [0.05, 0.1) is 5.92 Å². The molecule has 0 heterocycles. The Bertz CT molecular complexity index is 164. The van der Waals surface area contributed by atoms with Gasteiger partial charge in [0.2, 0.25) is 0 Å². The SMILES string of the molecule is CCSCCC(C)NCC(C)C(=O)O. The lowest BCUT2D eigenvalue weighted by Gasteiger charge is -2.15. The Morgan fingerprint density at radius 2 is 2.14 bits per heavy atom. The van der Waals surface area contributed by atoms with Gasteiger partial charge >= 0.3 is 5.97 Å². The van der Waals surface area contributed by atoms with E-state index in [9.17, 15) is 4.79 Å². The van der Waals surface area contributed by atoms with Gasteiger partial charge < -0.3 is 10.4 Å².